The van der Waals surface area contributed by atoms with Crippen LogP contribution < -0.4 is 10.6 Å². The topological polar surface area (TPSA) is 70.1 Å². The van der Waals surface area contributed by atoms with Gasteiger partial charge < -0.3 is 15.7 Å². The summed E-state index contributed by atoms with van der Waals surface area (Å²) < 4.78 is 0. The van der Waals surface area contributed by atoms with Gasteiger partial charge in [0.2, 0.25) is 0 Å². The fourth-order valence-corrected chi connectivity index (χ4v) is 3.61. The van der Waals surface area contributed by atoms with Gasteiger partial charge in [-0.25, -0.2) is 0 Å². The van der Waals surface area contributed by atoms with E-state index in [1.807, 2.05) is 37.3 Å². The molecule has 0 amide bonds. The van der Waals surface area contributed by atoms with Crippen molar-refractivity contribution in [1.82, 2.24) is 15.5 Å². The van der Waals surface area contributed by atoms with E-state index < -0.39 is 0 Å². The van der Waals surface area contributed by atoms with Crippen molar-refractivity contribution in [3.8, 4) is 17.0 Å². The van der Waals surface area contributed by atoms with Crippen molar-refractivity contribution >= 4 is 28.2 Å². The van der Waals surface area contributed by atoms with Gasteiger partial charge in [0.1, 0.15) is 11.4 Å². The number of piperidine rings is 1. The molecule has 3 N–H and O–H groups in total. The lowest BCUT2D eigenvalue weighted by Gasteiger charge is -2.24. The molecule has 1 aliphatic heterocycles. The van der Waals surface area contributed by atoms with Gasteiger partial charge in [0.25, 0.3) is 0 Å². The highest BCUT2D eigenvalue weighted by Gasteiger charge is 2.18. The molecule has 0 saturated carbocycles. The number of phenols is 1. The largest absolute Gasteiger partial charge is 0.507 e. The van der Waals surface area contributed by atoms with E-state index in [1.165, 1.54) is 0 Å². The molecule has 1 aromatic heterocycles. The molecular weight excluding hydrogens is 348 g/mol. The van der Waals surface area contributed by atoms with E-state index in [0.717, 1.165) is 48.1 Å². The van der Waals surface area contributed by atoms with Crippen LogP contribution in [0.4, 0.5) is 5.82 Å². The number of aromatic hydroxyl groups is 1. The van der Waals surface area contributed by atoms with Crippen LogP contribution in [0.2, 0.25) is 5.02 Å². The summed E-state index contributed by atoms with van der Waals surface area (Å²) >= 11 is 6.25. The zero-order chi connectivity index (χ0) is 18.1. The van der Waals surface area contributed by atoms with E-state index >= 15 is 0 Å². The molecule has 3 aromatic rings. The van der Waals surface area contributed by atoms with Crippen molar-refractivity contribution in [3.63, 3.8) is 0 Å². The number of rotatable bonds is 3. The molecule has 0 bridgehead atoms. The Balaban J connectivity index is 1.82. The molecule has 5 nitrogen and oxygen atoms in total. The average Bonchev–Trinajstić information content (AvgIpc) is 2.63. The van der Waals surface area contributed by atoms with Crippen LogP contribution in [0, 0.1) is 6.92 Å². The molecule has 26 heavy (non-hydrogen) atoms. The van der Waals surface area contributed by atoms with E-state index in [2.05, 4.69) is 20.8 Å². The molecule has 2 heterocycles. The Morgan fingerprint density at radius 3 is 2.81 bits per heavy atom. The van der Waals surface area contributed by atoms with E-state index in [4.69, 9.17) is 11.6 Å². The van der Waals surface area contributed by atoms with Crippen LogP contribution in [0.5, 0.6) is 5.75 Å². The maximum Gasteiger partial charge on any atom is 0.156 e. The summed E-state index contributed by atoms with van der Waals surface area (Å²) in [5, 5.41) is 28.6. The number of hydrogen-bond donors (Lipinski definition) is 3. The van der Waals surface area contributed by atoms with Crippen LogP contribution in [0.1, 0.15) is 18.4 Å². The van der Waals surface area contributed by atoms with Gasteiger partial charge in [-0.15, -0.1) is 10.2 Å². The fraction of sp³-hybridized carbons (Fsp3) is 0.300. The third-order valence-electron chi connectivity index (χ3n) is 4.79. The zero-order valence-electron chi connectivity index (χ0n) is 14.6. The number of benzene rings is 2. The molecule has 1 unspecified atom stereocenters. The summed E-state index contributed by atoms with van der Waals surface area (Å²) in [5.74, 6) is 0.930. The first kappa shape index (κ1) is 17.1. The summed E-state index contributed by atoms with van der Waals surface area (Å²) in [6.07, 6.45) is 2.23. The molecule has 0 aliphatic carbocycles. The highest BCUT2D eigenvalue weighted by atomic mass is 35.5. The summed E-state index contributed by atoms with van der Waals surface area (Å²) in [7, 11) is 0. The third kappa shape index (κ3) is 3.32. The Labute approximate surface area is 157 Å². The highest BCUT2D eigenvalue weighted by Crippen LogP contribution is 2.36. The third-order valence-corrected chi connectivity index (χ3v) is 5.02. The molecule has 4 rings (SSSR count). The fourth-order valence-electron chi connectivity index (χ4n) is 3.44. The second kappa shape index (κ2) is 7.09. The lowest BCUT2D eigenvalue weighted by molar-refractivity contribution is 0.476. The monoisotopic (exact) mass is 368 g/mol. The summed E-state index contributed by atoms with van der Waals surface area (Å²) in [5.41, 5.74) is 2.32. The lowest BCUT2D eigenvalue weighted by Crippen LogP contribution is -2.38. The summed E-state index contributed by atoms with van der Waals surface area (Å²) in [6.45, 7) is 3.91. The predicted molar refractivity (Wildman–Crippen MR) is 106 cm³/mol. The molecule has 0 spiro atoms. The van der Waals surface area contributed by atoms with E-state index in [-0.39, 0.29) is 5.75 Å². The van der Waals surface area contributed by atoms with Crippen LogP contribution in [0.25, 0.3) is 22.0 Å². The quantitative estimate of drug-likeness (QED) is 0.648. The van der Waals surface area contributed by atoms with Crippen molar-refractivity contribution < 1.29 is 5.11 Å². The molecule has 1 aliphatic rings. The summed E-state index contributed by atoms with van der Waals surface area (Å²) in [6, 6.07) is 11.6. The van der Waals surface area contributed by atoms with E-state index in [9.17, 15) is 5.11 Å². The minimum Gasteiger partial charge on any atom is -0.507 e. The van der Waals surface area contributed by atoms with Gasteiger partial charge in [-0.3, -0.25) is 0 Å². The molecule has 6 heteroatoms. The number of anilines is 1. The molecule has 1 atom stereocenters. The first-order valence-corrected chi connectivity index (χ1v) is 9.23. The maximum atomic E-state index is 10.4. The lowest BCUT2D eigenvalue weighted by atomic mass is 10.0. The van der Waals surface area contributed by atoms with Crippen LogP contribution >= 0.6 is 11.6 Å². The first-order chi connectivity index (χ1) is 12.6. The Kier molecular flexibility index (Phi) is 4.66. The van der Waals surface area contributed by atoms with Crippen LogP contribution in [0.15, 0.2) is 36.4 Å². The Hall–Kier alpha value is -2.37. The maximum absolute atomic E-state index is 10.4. The molecule has 1 fully saturated rings. The molecule has 134 valence electrons. The minimum atomic E-state index is 0.202. The molecular formula is C20H21ClN4O. The Morgan fingerprint density at radius 2 is 2.04 bits per heavy atom. The van der Waals surface area contributed by atoms with Gasteiger partial charge in [-0.2, -0.15) is 0 Å². The van der Waals surface area contributed by atoms with Crippen molar-refractivity contribution in [2.75, 3.05) is 18.4 Å². The zero-order valence-corrected chi connectivity index (χ0v) is 15.3. The van der Waals surface area contributed by atoms with Gasteiger partial charge in [0.15, 0.2) is 5.82 Å². The van der Waals surface area contributed by atoms with E-state index in [1.54, 1.807) is 6.07 Å². The van der Waals surface area contributed by atoms with Gasteiger partial charge >= 0.3 is 0 Å². The number of hydrogen-bond acceptors (Lipinski definition) is 5. The van der Waals surface area contributed by atoms with Gasteiger partial charge in [0.05, 0.1) is 0 Å². The number of phenolic OH excluding ortho intramolecular Hbond substituents is 1. The van der Waals surface area contributed by atoms with Crippen molar-refractivity contribution in [2.24, 2.45) is 0 Å². The van der Waals surface area contributed by atoms with Crippen LogP contribution in [-0.4, -0.2) is 34.4 Å². The molecule has 1 saturated heterocycles. The number of aryl methyl sites for hydroxylation is 1. The number of aromatic nitrogens is 2. The second-order valence-electron chi connectivity index (χ2n) is 6.80. The second-order valence-corrected chi connectivity index (χ2v) is 7.23. The van der Waals surface area contributed by atoms with E-state index in [0.29, 0.717) is 22.3 Å². The van der Waals surface area contributed by atoms with Gasteiger partial charge in [0, 0.05) is 33.9 Å². The normalized spacial score (nSPS) is 17.4. The number of fused-ring (bicyclic) bond motifs is 1. The van der Waals surface area contributed by atoms with Crippen molar-refractivity contribution in [2.45, 2.75) is 25.8 Å². The van der Waals surface area contributed by atoms with Crippen LogP contribution in [0.3, 0.4) is 0 Å². The van der Waals surface area contributed by atoms with Gasteiger partial charge in [-0.05, 0) is 56.1 Å². The molecule has 2 aromatic carbocycles. The number of nitrogens with zero attached hydrogens (tertiary/aromatic N) is 2. The SMILES string of the molecule is Cc1ccc(-c2nnc(NC3CCCNC3)c3cc(Cl)ccc23)c(O)c1. The van der Waals surface area contributed by atoms with Crippen molar-refractivity contribution in [1.29, 1.82) is 0 Å². The first-order valence-electron chi connectivity index (χ1n) is 8.85. The smallest absolute Gasteiger partial charge is 0.156 e. The minimum absolute atomic E-state index is 0.202. The Morgan fingerprint density at radius 1 is 1.15 bits per heavy atom. The molecule has 0 radical (unpaired) electrons. The Bertz CT molecular complexity index is 954. The number of halogens is 1. The average molecular weight is 369 g/mol. The standard InChI is InChI=1S/C20H21ClN4O/c1-12-4-6-16(18(26)9-12)19-15-7-5-13(21)10-17(15)20(25-24-19)23-14-3-2-8-22-11-14/h4-7,9-10,14,22,26H,2-3,8,11H2,1H3,(H,23,25). The predicted octanol–water partition coefficient (Wildman–Crippen LogP) is 4.13. The summed E-state index contributed by atoms with van der Waals surface area (Å²) in [4.78, 5) is 0. The van der Waals surface area contributed by atoms with Crippen LogP contribution in [-0.2, 0) is 0 Å². The highest BCUT2D eigenvalue weighted by molar-refractivity contribution is 6.31. The number of nitrogens with one attached hydrogen (secondary N) is 2. The van der Waals surface area contributed by atoms with Gasteiger partial charge in [-0.1, -0.05) is 23.7 Å². The van der Waals surface area contributed by atoms with Crippen molar-refractivity contribution in [3.05, 3.63) is 47.0 Å².